The third kappa shape index (κ3) is 2.96. The van der Waals surface area contributed by atoms with Gasteiger partial charge in [-0.1, -0.05) is 25.5 Å². The molecular weight excluding hydrogens is 250 g/mol. The fourth-order valence-corrected chi connectivity index (χ4v) is 2.19. The molecule has 4 heteroatoms. The van der Waals surface area contributed by atoms with Crippen LogP contribution in [0.2, 0.25) is 0 Å². The minimum Gasteiger partial charge on any atom is -0.507 e. The molecule has 1 heterocycles. The number of hydrogen-bond acceptors (Lipinski definition) is 3. The lowest BCUT2D eigenvalue weighted by atomic mass is 10.0. The van der Waals surface area contributed by atoms with Crippen molar-refractivity contribution in [3.05, 3.63) is 47.2 Å². The predicted molar refractivity (Wildman–Crippen MR) is 84.0 cm³/mol. The van der Waals surface area contributed by atoms with Gasteiger partial charge in [-0.2, -0.15) is 0 Å². The molecule has 0 saturated heterocycles. The summed E-state index contributed by atoms with van der Waals surface area (Å²) in [5.41, 5.74) is 15.2. The van der Waals surface area contributed by atoms with E-state index >= 15 is 0 Å². The number of phenols is 1. The Balaban J connectivity index is 2.35. The lowest BCUT2D eigenvalue weighted by Crippen LogP contribution is -1.98. The average Bonchev–Trinajstić information content (AvgIpc) is 2.78. The van der Waals surface area contributed by atoms with Crippen molar-refractivity contribution in [3.63, 3.8) is 0 Å². The minimum atomic E-state index is 0.172. The highest BCUT2D eigenvalue weighted by Crippen LogP contribution is 2.26. The van der Waals surface area contributed by atoms with E-state index in [2.05, 4.69) is 11.9 Å². The molecule has 0 aliphatic carbocycles. The molecule has 2 aromatic rings. The van der Waals surface area contributed by atoms with Gasteiger partial charge in [-0.05, 0) is 36.6 Å². The maximum atomic E-state index is 9.83. The minimum absolute atomic E-state index is 0.172. The van der Waals surface area contributed by atoms with E-state index in [-0.39, 0.29) is 5.75 Å². The number of rotatable bonds is 5. The molecule has 0 unspecified atom stereocenters. The Labute approximate surface area is 119 Å². The third-order valence-electron chi connectivity index (χ3n) is 3.35. The van der Waals surface area contributed by atoms with Gasteiger partial charge < -0.3 is 21.6 Å². The Kier molecular flexibility index (Phi) is 4.35. The standard InChI is InChI=1S/C16H21N3O/c1-2-3-6-11-10-19-16(18)13(11)9-14(17)12-7-4-5-8-15(12)20/h4-5,7-10,19-20H,2-3,6,17-18H2,1H3/b14-9-. The number of hydrogen-bond donors (Lipinski definition) is 4. The van der Waals surface area contributed by atoms with Gasteiger partial charge in [-0.3, -0.25) is 0 Å². The summed E-state index contributed by atoms with van der Waals surface area (Å²) in [6.45, 7) is 2.15. The number of phenolic OH excluding ortho intramolecular Hbond substituents is 1. The molecule has 0 saturated carbocycles. The van der Waals surface area contributed by atoms with Crippen molar-refractivity contribution in [1.29, 1.82) is 0 Å². The van der Waals surface area contributed by atoms with E-state index in [1.807, 2.05) is 18.3 Å². The lowest BCUT2D eigenvalue weighted by molar-refractivity contribution is 0.473. The monoisotopic (exact) mass is 271 g/mol. The molecule has 0 aliphatic heterocycles. The number of aromatic nitrogens is 1. The molecule has 106 valence electrons. The van der Waals surface area contributed by atoms with E-state index in [9.17, 15) is 5.11 Å². The molecule has 6 N–H and O–H groups in total. The first-order chi connectivity index (χ1) is 9.63. The van der Waals surface area contributed by atoms with E-state index in [1.165, 1.54) is 0 Å². The number of aromatic amines is 1. The molecule has 1 aromatic heterocycles. The van der Waals surface area contributed by atoms with Crippen LogP contribution in [0.3, 0.4) is 0 Å². The molecule has 2 rings (SSSR count). The van der Waals surface area contributed by atoms with Crippen LogP contribution in [0.4, 0.5) is 5.82 Å². The van der Waals surface area contributed by atoms with Crippen LogP contribution in [-0.4, -0.2) is 10.1 Å². The normalized spacial score (nSPS) is 11.8. The van der Waals surface area contributed by atoms with E-state index in [4.69, 9.17) is 11.5 Å². The number of nitrogens with two attached hydrogens (primary N) is 2. The van der Waals surface area contributed by atoms with Crippen molar-refractivity contribution < 1.29 is 5.11 Å². The van der Waals surface area contributed by atoms with Crippen LogP contribution in [0.1, 0.15) is 36.5 Å². The van der Waals surface area contributed by atoms with Crippen LogP contribution in [0.5, 0.6) is 5.75 Å². The van der Waals surface area contributed by atoms with E-state index < -0.39 is 0 Å². The Morgan fingerprint density at radius 3 is 2.80 bits per heavy atom. The first kappa shape index (κ1) is 14.1. The van der Waals surface area contributed by atoms with Crippen LogP contribution >= 0.6 is 0 Å². The van der Waals surface area contributed by atoms with Crippen molar-refractivity contribution in [2.45, 2.75) is 26.2 Å². The summed E-state index contributed by atoms with van der Waals surface area (Å²) >= 11 is 0. The van der Waals surface area contributed by atoms with Gasteiger partial charge in [-0.15, -0.1) is 0 Å². The second-order valence-electron chi connectivity index (χ2n) is 4.86. The van der Waals surface area contributed by atoms with Gasteiger partial charge in [0.15, 0.2) is 0 Å². The average molecular weight is 271 g/mol. The number of unbranched alkanes of at least 4 members (excludes halogenated alkanes) is 1. The summed E-state index contributed by atoms with van der Waals surface area (Å²) in [5.74, 6) is 0.778. The van der Waals surface area contributed by atoms with Gasteiger partial charge in [0.25, 0.3) is 0 Å². The van der Waals surface area contributed by atoms with Crippen molar-refractivity contribution >= 4 is 17.6 Å². The maximum absolute atomic E-state index is 9.83. The number of aromatic hydroxyl groups is 1. The van der Waals surface area contributed by atoms with Gasteiger partial charge in [-0.25, -0.2) is 0 Å². The smallest absolute Gasteiger partial charge is 0.124 e. The topological polar surface area (TPSA) is 88.1 Å². The Morgan fingerprint density at radius 1 is 1.35 bits per heavy atom. The molecule has 4 nitrogen and oxygen atoms in total. The Hall–Kier alpha value is -2.36. The zero-order chi connectivity index (χ0) is 14.5. The third-order valence-corrected chi connectivity index (χ3v) is 3.35. The molecule has 20 heavy (non-hydrogen) atoms. The fourth-order valence-electron chi connectivity index (χ4n) is 2.19. The summed E-state index contributed by atoms with van der Waals surface area (Å²) in [6.07, 6.45) is 6.95. The Bertz CT molecular complexity index is 614. The van der Waals surface area contributed by atoms with Crippen LogP contribution in [-0.2, 0) is 6.42 Å². The first-order valence-corrected chi connectivity index (χ1v) is 6.84. The molecule has 0 bridgehead atoms. The SMILES string of the molecule is CCCCc1c[nH]c(N)c1/C=C(\N)c1ccccc1O. The highest BCUT2D eigenvalue weighted by Gasteiger charge is 2.09. The van der Waals surface area contributed by atoms with Gasteiger partial charge in [0.05, 0.1) is 0 Å². The molecule has 0 atom stereocenters. The van der Waals surface area contributed by atoms with Crippen LogP contribution in [0.25, 0.3) is 11.8 Å². The lowest BCUT2D eigenvalue weighted by Gasteiger charge is -2.06. The Morgan fingerprint density at radius 2 is 2.10 bits per heavy atom. The number of nitrogen functional groups attached to an aromatic ring is 1. The quantitative estimate of drug-likeness (QED) is 0.673. The van der Waals surface area contributed by atoms with Crippen LogP contribution in [0.15, 0.2) is 30.5 Å². The van der Waals surface area contributed by atoms with Gasteiger partial charge in [0.2, 0.25) is 0 Å². The van der Waals surface area contributed by atoms with Crippen molar-refractivity contribution in [2.75, 3.05) is 5.73 Å². The molecule has 0 radical (unpaired) electrons. The van der Waals surface area contributed by atoms with E-state index in [0.717, 1.165) is 30.4 Å². The van der Waals surface area contributed by atoms with E-state index in [1.54, 1.807) is 18.2 Å². The number of benzene rings is 1. The number of H-pyrrole nitrogens is 1. The molecule has 0 spiro atoms. The molecule has 0 fully saturated rings. The van der Waals surface area contributed by atoms with Crippen molar-refractivity contribution in [3.8, 4) is 5.75 Å². The molecular formula is C16H21N3O. The summed E-state index contributed by atoms with van der Waals surface area (Å²) in [5, 5.41) is 9.83. The predicted octanol–water partition coefficient (Wildman–Crippen LogP) is 3.10. The number of nitrogens with one attached hydrogen (secondary N) is 1. The highest BCUT2D eigenvalue weighted by atomic mass is 16.3. The van der Waals surface area contributed by atoms with Gasteiger partial charge in [0, 0.05) is 23.0 Å². The van der Waals surface area contributed by atoms with Crippen LogP contribution < -0.4 is 11.5 Å². The molecule has 0 aliphatic rings. The number of aryl methyl sites for hydroxylation is 1. The summed E-state index contributed by atoms with van der Waals surface area (Å²) < 4.78 is 0. The second-order valence-corrected chi connectivity index (χ2v) is 4.86. The zero-order valence-electron chi connectivity index (χ0n) is 11.7. The maximum Gasteiger partial charge on any atom is 0.124 e. The summed E-state index contributed by atoms with van der Waals surface area (Å²) in [6, 6.07) is 7.02. The molecule has 0 amide bonds. The number of para-hydroxylation sites is 1. The fraction of sp³-hybridized carbons (Fsp3) is 0.250. The first-order valence-electron chi connectivity index (χ1n) is 6.84. The van der Waals surface area contributed by atoms with Gasteiger partial charge in [0.1, 0.15) is 11.6 Å². The van der Waals surface area contributed by atoms with Gasteiger partial charge >= 0.3 is 0 Å². The van der Waals surface area contributed by atoms with Crippen molar-refractivity contribution in [2.24, 2.45) is 5.73 Å². The summed E-state index contributed by atoms with van der Waals surface area (Å²) in [7, 11) is 0. The van der Waals surface area contributed by atoms with E-state index in [0.29, 0.717) is 17.1 Å². The highest BCUT2D eigenvalue weighted by molar-refractivity contribution is 5.85. The second kappa shape index (κ2) is 6.19. The zero-order valence-corrected chi connectivity index (χ0v) is 11.7. The largest absolute Gasteiger partial charge is 0.507 e. The van der Waals surface area contributed by atoms with Crippen LogP contribution in [0, 0.1) is 0 Å². The molecule has 1 aromatic carbocycles. The van der Waals surface area contributed by atoms with Crippen molar-refractivity contribution in [1.82, 2.24) is 4.98 Å². The summed E-state index contributed by atoms with van der Waals surface area (Å²) in [4.78, 5) is 3.03. The number of anilines is 1.